The quantitative estimate of drug-likeness (QED) is 0.890. The van der Waals surface area contributed by atoms with Crippen molar-refractivity contribution < 1.29 is 9.53 Å². The Labute approximate surface area is 112 Å². The van der Waals surface area contributed by atoms with Gasteiger partial charge in [0, 0.05) is 19.8 Å². The van der Waals surface area contributed by atoms with Crippen molar-refractivity contribution in [2.75, 3.05) is 19.8 Å². The van der Waals surface area contributed by atoms with Gasteiger partial charge in [-0.15, -0.1) is 11.3 Å². The summed E-state index contributed by atoms with van der Waals surface area (Å²) in [5, 5.41) is 3.95. The van der Waals surface area contributed by atoms with Crippen LogP contribution in [0.1, 0.15) is 40.1 Å². The first-order valence-corrected chi connectivity index (χ1v) is 7.34. The summed E-state index contributed by atoms with van der Waals surface area (Å²) in [5.74, 6) is 0.635. The Hall–Kier alpha value is -0.940. The molecule has 1 atom stereocenters. The molecule has 0 aromatic carbocycles. The van der Waals surface area contributed by atoms with E-state index in [4.69, 9.17) is 4.74 Å². The van der Waals surface area contributed by atoms with Gasteiger partial charge in [0.25, 0.3) is 5.91 Å². The molecule has 0 bridgehead atoms. The van der Waals surface area contributed by atoms with Crippen molar-refractivity contribution in [2.45, 2.75) is 33.1 Å². The van der Waals surface area contributed by atoms with Crippen LogP contribution >= 0.6 is 11.3 Å². The highest BCUT2D eigenvalue weighted by molar-refractivity contribution is 7.13. The SMILES string of the molecule is CCc1nc(C)sc1C(=O)NCC[C@@H]1CCOC1. The van der Waals surface area contributed by atoms with Crippen LogP contribution in [0.4, 0.5) is 0 Å². The van der Waals surface area contributed by atoms with E-state index in [1.165, 1.54) is 11.3 Å². The number of aryl methyl sites for hydroxylation is 2. The average molecular weight is 268 g/mol. The minimum atomic E-state index is 0.0244. The van der Waals surface area contributed by atoms with Crippen LogP contribution in [0, 0.1) is 12.8 Å². The number of rotatable bonds is 5. The average Bonchev–Trinajstić information content (AvgIpc) is 2.98. The first kappa shape index (κ1) is 13.5. The van der Waals surface area contributed by atoms with Crippen LogP contribution in [-0.4, -0.2) is 30.6 Å². The molecule has 0 aliphatic carbocycles. The summed E-state index contributed by atoms with van der Waals surface area (Å²) in [6.07, 6.45) is 2.93. The monoisotopic (exact) mass is 268 g/mol. The molecule has 1 aliphatic rings. The lowest BCUT2D eigenvalue weighted by Gasteiger charge is -2.08. The van der Waals surface area contributed by atoms with Gasteiger partial charge in [0.15, 0.2) is 0 Å². The van der Waals surface area contributed by atoms with E-state index < -0.39 is 0 Å². The lowest BCUT2D eigenvalue weighted by Crippen LogP contribution is -2.26. The summed E-state index contributed by atoms with van der Waals surface area (Å²) < 4.78 is 5.32. The molecule has 18 heavy (non-hydrogen) atoms. The van der Waals surface area contributed by atoms with Gasteiger partial charge in [0.05, 0.1) is 10.7 Å². The van der Waals surface area contributed by atoms with Crippen molar-refractivity contribution in [2.24, 2.45) is 5.92 Å². The van der Waals surface area contributed by atoms with Crippen molar-refractivity contribution >= 4 is 17.2 Å². The van der Waals surface area contributed by atoms with E-state index in [0.717, 1.165) is 54.6 Å². The smallest absolute Gasteiger partial charge is 0.263 e. The van der Waals surface area contributed by atoms with Gasteiger partial charge in [-0.2, -0.15) is 0 Å². The molecule has 100 valence electrons. The van der Waals surface area contributed by atoms with Crippen LogP contribution in [0.3, 0.4) is 0 Å². The molecule has 1 aliphatic heterocycles. The molecule has 1 amide bonds. The number of nitrogens with zero attached hydrogens (tertiary/aromatic N) is 1. The Bertz CT molecular complexity index is 411. The zero-order valence-electron chi connectivity index (χ0n) is 11.0. The number of aromatic nitrogens is 1. The molecule has 4 nitrogen and oxygen atoms in total. The minimum Gasteiger partial charge on any atom is -0.381 e. The zero-order chi connectivity index (χ0) is 13.0. The van der Waals surface area contributed by atoms with Crippen molar-refractivity contribution in [1.29, 1.82) is 0 Å². The number of amides is 1. The van der Waals surface area contributed by atoms with E-state index in [0.29, 0.717) is 5.92 Å². The first-order chi connectivity index (χ1) is 8.70. The van der Waals surface area contributed by atoms with Crippen molar-refractivity contribution in [3.05, 3.63) is 15.6 Å². The van der Waals surface area contributed by atoms with Gasteiger partial charge in [-0.1, -0.05) is 6.92 Å². The predicted octanol–water partition coefficient (Wildman–Crippen LogP) is 2.17. The normalized spacial score (nSPS) is 19.1. The molecule has 1 N–H and O–H groups in total. The lowest BCUT2D eigenvalue weighted by atomic mass is 10.1. The van der Waals surface area contributed by atoms with E-state index in [1.807, 2.05) is 13.8 Å². The molecule has 1 fully saturated rings. The van der Waals surface area contributed by atoms with Crippen LogP contribution in [-0.2, 0) is 11.2 Å². The lowest BCUT2D eigenvalue weighted by molar-refractivity contribution is 0.0953. The molecule has 0 spiro atoms. The third kappa shape index (κ3) is 3.29. The fourth-order valence-corrected chi connectivity index (χ4v) is 3.09. The molecule has 1 aromatic heterocycles. The second kappa shape index (κ2) is 6.29. The number of hydrogen-bond donors (Lipinski definition) is 1. The minimum absolute atomic E-state index is 0.0244. The van der Waals surface area contributed by atoms with Gasteiger partial charge in [-0.05, 0) is 32.1 Å². The molecule has 0 radical (unpaired) electrons. The number of hydrogen-bond acceptors (Lipinski definition) is 4. The van der Waals surface area contributed by atoms with Gasteiger partial charge in [0.1, 0.15) is 4.88 Å². The third-order valence-electron chi connectivity index (χ3n) is 3.21. The molecular formula is C13H20N2O2S. The largest absolute Gasteiger partial charge is 0.381 e. The van der Waals surface area contributed by atoms with E-state index >= 15 is 0 Å². The second-order valence-corrected chi connectivity index (χ2v) is 5.84. The van der Waals surface area contributed by atoms with Crippen molar-refractivity contribution in [3.63, 3.8) is 0 Å². The number of ether oxygens (including phenoxy) is 1. The van der Waals surface area contributed by atoms with E-state index in [2.05, 4.69) is 10.3 Å². The van der Waals surface area contributed by atoms with Crippen LogP contribution in [0.25, 0.3) is 0 Å². The highest BCUT2D eigenvalue weighted by atomic mass is 32.1. The van der Waals surface area contributed by atoms with Gasteiger partial charge in [-0.25, -0.2) is 4.98 Å². The summed E-state index contributed by atoms with van der Waals surface area (Å²) in [4.78, 5) is 17.2. The number of nitrogens with one attached hydrogen (secondary N) is 1. The fourth-order valence-electron chi connectivity index (χ4n) is 2.17. The van der Waals surface area contributed by atoms with Gasteiger partial charge in [0.2, 0.25) is 0 Å². The Morgan fingerprint density at radius 2 is 2.44 bits per heavy atom. The second-order valence-electron chi connectivity index (χ2n) is 4.64. The molecule has 2 heterocycles. The molecule has 1 aromatic rings. The molecule has 1 saturated heterocycles. The number of thiazole rings is 1. The topological polar surface area (TPSA) is 51.2 Å². The van der Waals surface area contributed by atoms with Gasteiger partial charge >= 0.3 is 0 Å². The highest BCUT2D eigenvalue weighted by Gasteiger charge is 2.18. The highest BCUT2D eigenvalue weighted by Crippen LogP contribution is 2.19. The summed E-state index contributed by atoms with van der Waals surface area (Å²) in [6.45, 7) is 6.41. The molecule has 2 rings (SSSR count). The fraction of sp³-hybridized carbons (Fsp3) is 0.692. The van der Waals surface area contributed by atoms with Crippen LogP contribution < -0.4 is 5.32 Å². The van der Waals surface area contributed by atoms with E-state index in [-0.39, 0.29) is 5.91 Å². The third-order valence-corrected chi connectivity index (χ3v) is 4.22. The summed E-state index contributed by atoms with van der Waals surface area (Å²) in [5.41, 5.74) is 0.916. The standard InChI is InChI=1S/C13H20N2O2S/c1-3-11-12(18-9(2)15-11)13(16)14-6-4-10-5-7-17-8-10/h10H,3-8H2,1-2H3,(H,14,16)/t10-/m1/s1. The van der Waals surface area contributed by atoms with Gasteiger partial charge < -0.3 is 10.1 Å². The Balaban J connectivity index is 1.83. The maximum absolute atomic E-state index is 12.0. The number of carbonyl (C=O) groups excluding carboxylic acids is 1. The van der Waals surface area contributed by atoms with Crippen LogP contribution in [0.5, 0.6) is 0 Å². The van der Waals surface area contributed by atoms with E-state index in [9.17, 15) is 4.79 Å². The van der Waals surface area contributed by atoms with Gasteiger partial charge in [-0.3, -0.25) is 4.79 Å². The van der Waals surface area contributed by atoms with Crippen LogP contribution in [0.2, 0.25) is 0 Å². The molecular weight excluding hydrogens is 248 g/mol. The maximum atomic E-state index is 12.0. The Morgan fingerprint density at radius 3 is 3.11 bits per heavy atom. The molecule has 0 saturated carbocycles. The molecule has 5 heteroatoms. The van der Waals surface area contributed by atoms with E-state index in [1.54, 1.807) is 0 Å². The molecule has 0 unspecified atom stereocenters. The zero-order valence-corrected chi connectivity index (χ0v) is 11.8. The van der Waals surface area contributed by atoms with Crippen molar-refractivity contribution in [1.82, 2.24) is 10.3 Å². The predicted molar refractivity (Wildman–Crippen MR) is 72.1 cm³/mol. The van der Waals surface area contributed by atoms with Crippen LogP contribution in [0.15, 0.2) is 0 Å². The maximum Gasteiger partial charge on any atom is 0.263 e. The Morgan fingerprint density at radius 1 is 1.61 bits per heavy atom. The first-order valence-electron chi connectivity index (χ1n) is 6.53. The Kier molecular flexibility index (Phi) is 4.72. The summed E-state index contributed by atoms with van der Waals surface area (Å²) in [6, 6.07) is 0. The summed E-state index contributed by atoms with van der Waals surface area (Å²) in [7, 11) is 0. The summed E-state index contributed by atoms with van der Waals surface area (Å²) >= 11 is 1.48. The number of carbonyl (C=O) groups is 1. The van der Waals surface area contributed by atoms with Crippen molar-refractivity contribution in [3.8, 4) is 0 Å².